The SMILES string of the molecule is CCNC(=NCc1cccc(OCC(N)=O)c1)NCC1(c2cccc(Cl)c2)CC1.I. The number of amides is 1. The molecule has 0 bridgehead atoms. The Morgan fingerprint density at radius 1 is 1.20 bits per heavy atom. The predicted molar refractivity (Wildman–Crippen MR) is 132 cm³/mol. The van der Waals surface area contributed by atoms with E-state index in [1.807, 2.05) is 37.3 Å². The van der Waals surface area contributed by atoms with Crippen LogP contribution in [0.2, 0.25) is 5.02 Å². The van der Waals surface area contributed by atoms with Crippen molar-refractivity contribution in [3.63, 3.8) is 0 Å². The molecule has 6 nitrogen and oxygen atoms in total. The first-order valence-corrected chi connectivity index (χ1v) is 10.2. The summed E-state index contributed by atoms with van der Waals surface area (Å²) in [7, 11) is 0. The molecule has 0 saturated heterocycles. The number of nitrogens with two attached hydrogens (primary N) is 1. The van der Waals surface area contributed by atoms with Crippen molar-refractivity contribution in [1.29, 1.82) is 0 Å². The number of carbonyl (C=O) groups excluding carboxylic acids is 1. The number of carbonyl (C=O) groups is 1. The van der Waals surface area contributed by atoms with Crippen molar-refractivity contribution >= 4 is 47.4 Å². The Hall–Kier alpha value is -2.00. The molecule has 1 aliphatic rings. The maximum absolute atomic E-state index is 10.9. The highest BCUT2D eigenvalue weighted by atomic mass is 127. The number of halogens is 2. The largest absolute Gasteiger partial charge is 0.484 e. The van der Waals surface area contributed by atoms with Gasteiger partial charge in [-0.3, -0.25) is 4.79 Å². The molecule has 4 N–H and O–H groups in total. The lowest BCUT2D eigenvalue weighted by atomic mass is 9.96. The second-order valence-corrected chi connectivity index (χ2v) is 7.68. The first kappa shape index (κ1) is 24.3. The maximum atomic E-state index is 10.9. The van der Waals surface area contributed by atoms with Crippen molar-refractivity contribution in [2.45, 2.75) is 31.7 Å². The molecule has 8 heteroatoms. The fourth-order valence-electron chi connectivity index (χ4n) is 3.19. The molecule has 1 aliphatic carbocycles. The van der Waals surface area contributed by atoms with Gasteiger partial charge in [-0.15, -0.1) is 24.0 Å². The number of nitrogens with one attached hydrogen (secondary N) is 2. The summed E-state index contributed by atoms with van der Waals surface area (Å²) >= 11 is 6.17. The normalized spacial score (nSPS) is 14.4. The Morgan fingerprint density at radius 3 is 2.63 bits per heavy atom. The summed E-state index contributed by atoms with van der Waals surface area (Å²) in [5, 5.41) is 7.53. The lowest BCUT2D eigenvalue weighted by molar-refractivity contribution is -0.119. The Morgan fingerprint density at radius 2 is 1.97 bits per heavy atom. The summed E-state index contributed by atoms with van der Waals surface area (Å²) in [5.41, 5.74) is 7.51. The third kappa shape index (κ3) is 7.05. The van der Waals surface area contributed by atoms with E-state index in [-0.39, 0.29) is 36.0 Å². The van der Waals surface area contributed by atoms with Crippen molar-refractivity contribution in [2.24, 2.45) is 10.7 Å². The van der Waals surface area contributed by atoms with Gasteiger partial charge in [0.25, 0.3) is 5.91 Å². The van der Waals surface area contributed by atoms with Gasteiger partial charge in [-0.05, 0) is 55.2 Å². The number of rotatable bonds is 9. The van der Waals surface area contributed by atoms with Gasteiger partial charge in [-0.1, -0.05) is 35.9 Å². The van der Waals surface area contributed by atoms with Gasteiger partial charge in [0.05, 0.1) is 6.54 Å². The average molecular weight is 543 g/mol. The quantitative estimate of drug-likeness (QED) is 0.257. The molecule has 0 aliphatic heterocycles. The Balaban J connectivity index is 0.00000320. The van der Waals surface area contributed by atoms with Gasteiger partial charge < -0.3 is 21.1 Å². The molecule has 0 spiro atoms. The zero-order chi connectivity index (χ0) is 20.7. The lowest BCUT2D eigenvalue weighted by Crippen LogP contribution is -2.41. The van der Waals surface area contributed by atoms with Crippen LogP contribution < -0.4 is 21.1 Å². The number of hydrogen-bond acceptors (Lipinski definition) is 3. The molecule has 2 aromatic carbocycles. The predicted octanol–water partition coefficient (Wildman–Crippen LogP) is 3.61. The van der Waals surface area contributed by atoms with Crippen LogP contribution in [0.5, 0.6) is 5.75 Å². The van der Waals surface area contributed by atoms with E-state index in [0.29, 0.717) is 12.3 Å². The molecule has 2 aromatic rings. The Bertz CT molecular complexity index is 887. The first-order chi connectivity index (χ1) is 14.0. The van der Waals surface area contributed by atoms with Gasteiger partial charge in [0.1, 0.15) is 5.75 Å². The van der Waals surface area contributed by atoms with Crippen LogP contribution in [0.4, 0.5) is 0 Å². The number of hydrogen-bond donors (Lipinski definition) is 3. The number of aliphatic imine (C=N–C) groups is 1. The van der Waals surface area contributed by atoms with E-state index in [0.717, 1.165) is 42.5 Å². The van der Waals surface area contributed by atoms with Crippen LogP contribution in [-0.4, -0.2) is 31.6 Å². The van der Waals surface area contributed by atoms with Crippen molar-refractivity contribution in [3.8, 4) is 5.75 Å². The monoisotopic (exact) mass is 542 g/mol. The molecule has 162 valence electrons. The average Bonchev–Trinajstić information content (AvgIpc) is 3.50. The zero-order valence-corrected chi connectivity index (χ0v) is 20.1. The van der Waals surface area contributed by atoms with E-state index < -0.39 is 5.91 Å². The molecule has 0 heterocycles. The summed E-state index contributed by atoms with van der Waals surface area (Å²) in [5.74, 6) is 0.873. The van der Waals surface area contributed by atoms with E-state index >= 15 is 0 Å². The first-order valence-electron chi connectivity index (χ1n) is 9.79. The van der Waals surface area contributed by atoms with E-state index in [1.165, 1.54) is 5.56 Å². The van der Waals surface area contributed by atoms with Crippen molar-refractivity contribution < 1.29 is 9.53 Å². The molecule has 30 heavy (non-hydrogen) atoms. The number of nitrogens with zero attached hydrogens (tertiary/aromatic N) is 1. The highest BCUT2D eigenvalue weighted by Gasteiger charge is 2.44. The summed E-state index contributed by atoms with van der Waals surface area (Å²) in [6, 6.07) is 15.6. The minimum absolute atomic E-state index is 0. The van der Waals surface area contributed by atoms with E-state index in [4.69, 9.17) is 22.1 Å². The number of primary amides is 1. The number of ether oxygens (including phenoxy) is 1. The van der Waals surface area contributed by atoms with Crippen molar-refractivity contribution in [2.75, 3.05) is 19.7 Å². The minimum atomic E-state index is -0.499. The molecule has 0 aromatic heterocycles. The molecule has 1 amide bonds. The second-order valence-electron chi connectivity index (χ2n) is 7.24. The topological polar surface area (TPSA) is 88.7 Å². The standard InChI is InChI=1S/C22H27ClN4O2.HI/c1-2-25-21(26-13-16-5-3-8-19(11-16)29-14-20(24)28)27-15-22(9-10-22)17-6-4-7-18(23)12-17;/h3-8,11-12H,2,9-10,13-15H2,1H3,(H2,24,28)(H2,25,26,27);1H. The smallest absolute Gasteiger partial charge is 0.255 e. The Kier molecular flexibility index (Phi) is 9.23. The molecular weight excluding hydrogens is 515 g/mol. The van der Waals surface area contributed by atoms with Crippen LogP contribution in [0.3, 0.4) is 0 Å². The van der Waals surface area contributed by atoms with Crippen molar-refractivity contribution in [3.05, 3.63) is 64.7 Å². The van der Waals surface area contributed by atoms with E-state index in [1.54, 1.807) is 6.07 Å². The lowest BCUT2D eigenvalue weighted by Gasteiger charge is -2.19. The van der Waals surface area contributed by atoms with Crippen LogP contribution in [0.1, 0.15) is 30.9 Å². The maximum Gasteiger partial charge on any atom is 0.255 e. The minimum Gasteiger partial charge on any atom is -0.484 e. The molecule has 1 fully saturated rings. The number of guanidine groups is 1. The summed E-state index contributed by atoms with van der Waals surface area (Å²) in [4.78, 5) is 15.6. The molecule has 0 unspecified atom stereocenters. The van der Waals surface area contributed by atoms with Crippen LogP contribution in [-0.2, 0) is 16.8 Å². The molecule has 0 atom stereocenters. The summed E-state index contributed by atoms with van der Waals surface area (Å²) in [6.45, 7) is 3.98. The zero-order valence-electron chi connectivity index (χ0n) is 17.0. The third-order valence-corrected chi connectivity index (χ3v) is 5.16. The van der Waals surface area contributed by atoms with E-state index in [2.05, 4.69) is 27.8 Å². The van der Waals surface area contributed by atoms with E-state index in [9.17, 15) is 4.79 Å². The number of benzene rings is 2. The molecule has 1 saturated carbocycles. The summed E-state index contributed by atoms with van der Waals surface area (Å²) < 4.78 is 5.36. The van der Waals surface area contributed by atoms with Crippen molar-refractivity contribution in [1.82, 2.24) is 10.6 Å². The second kappa shape index (κ2) is 11.4. The van der Waals surface area contributed by atoms with Gasteiger partial charge >= 0.3 is 0 Å². The van der Waals surface area contributed by atoms with Crippen LogP contribution in [0, 0.1) is 0 Å². The fourth-order valence-corrected chi connectivity index (χ4v) is 3.38. The van der Waals surface area contributed by atoms with Crippen LogP contribution in [0.15, 0.2) is 53.5 Å². The Labute approximate surface area is 199 Å². The molecule has 0 radical (unpaired) electrons. The van der Waals surface area contributed by atoms with Gasteiger partial charge in [-0.2, -0.15) is 0 Å². The fraction of sp³-hybridized carbons (Fsp3) is 0.364. The van der Waals surface area contributed by atoms with Gasteiger partial charge in [-0.25, -0.2) is 4.99 Å². The van der Waals surface area contributed by atoms with Gasteiger partial charge in [0.2, 0.25) is 0 Å². The molecule has 3 rings (SSSR count). The summed E-state index contributed by atoms with van der Waals surface area (Å²) in [6.07, 6.45) is 2.28. The highest BCUT2D eigenvalue weighted by Crippen LogP contribution is 2.48. The van der Waals surface area contributed by atoms with Crippen LogP contribution >= 0.6 is 35.6 Å². The van der Waals surface area contributed by atoms with Gasteiger partial charge in [0, 0.05) is 23.5 Å². The molecular formula is C22H28ClIN4O2. The van der Waals surface area contributed by atoms with Crippen LogP contribution in [0.25, 0.3) is 0 Å². The highest BCUT2D eigenvalue weighted by molar-refractivity contribution is 14.0. The third-order valence-electron chi connectivity index (χ3n) is 4.93. The van der Waals surface area contributed by atoms with Gasteiger partial charge in [0.15, 0.2) is 12.6 Å².